The van der Waals surface area contributed by atoms with Gasteiger partial charge in [-0.3, -0.25) is 4.79 Å². The lowest BCUT2D eigenvalue weighted by Crippen LogP contribution is -2.38. The van der Waals surface area contributed by atoms with E-state index in [1.165, 1.54) is 10.4 Å². The van der Waals surface area contributed by atoms with Crippen molar-refractivity contribution in [2.75, 3.05) is 18.5 Å². The third-order valence-corrected chi connectivity index (χ3v) is 6.62. The van der Waals surface area contributed by atoms with Gasteiger partial charge >= 0.3 is 0 Å². The second-order valence-corrected chi connectivity index (χ2v) is 9.20. The normalized spacial score (nSPS) is 11.1. The first-order valence-corrected chi connectivity index (χ1v) is 11.7. The molecule has 4 aromatic rings. The summed E-state index contributed by atoms with van der Waals surface area (Å²) in [5, 5.41) is 1.02. The number of thiophene rings is 1. The highest BCUT2D eigenvalue weighted by Crippen LogP contribution is 2.35. The highest BCUT2D eigenvalue weighted by Gasteiger charge is 2.19. The van der Waals surface area contributed by atoms with E-state index in [0.29, 0.717) is 19.5 Å². The topological polar surface area (TPSA) is 49.3 Å². The van der Waals surface area contributed by atoms with Crippen LogP contribution in [-0.2, 0) is 11.3 Å². The van der Waals surface area contributed by atoms with E-state index in [1.807, 2.05) is 48.3 Å². The molecule has 0 radical (unpaired) electrons. The van der Waals surface area contributed by atoms with Crippen LogP contribution in [0.25, 0.3) is 20.7 Å². The second-order valence-electron chi connectivity index (χ2n) is 8.17. The first-order chi connectivity index (χ1) is 15.5. The lowest BCUT2D eigenvalue weighted by atomic mass is 10.1. The van der Waals surface area contributed by atoms with Gasteiger partial charge in [0, 0.05) is 37.5 Å². The Morgan fingerprint density at radius 1 is 1.00 bits per heavy atom. The number of rotatable bonds is 8. The molecule has 0 saturated carbocycles. The van der Waals surface area contributed by atoms with Crippen LogP contribution < -0.4 is 4.90 Å². The Kier molecular flexibility index (Phi) is 6.81. The number of carbonyl (C=O) groups is 1. The first kappa shape index (κ1) is 22.0. The number of hydrogen-bond donors (Lipinski definition) is 0. The van der Waals surface area contributed by atoms with Gasteiger partial charge in [-0.05, 0) is 31.0 Å². The van der Waals surface area contributed by atoms with E-state index in [9.17, 15) is 4.79 Å². The smallest absolute Gasteiger partial charge is 0.224 e. The minimum Gasteiger partial charge on any atom is -0.359 e. The molecule has 0 unspecified atom stereocenters. The van der Waals surface area contributed by atoms with E-state index in [-0.39, 0.29) is 11.9 Å². The molecule has 0 aliphatic carbocycles. The number of benzene rings is 2. The molecule has 0 bridgehead atoms. The Balaban J connectivity index is 1.48. The Labute approximate surface area is 193 Å². The maximum Gasteiger partial charge on any atom is 0.224 e. The van der Waals surface area contributed by atoms with Gasteiger partial charge in [-0.2, -0.15) is 0 Å². The summed E-state index contributed by atoms with van der Waals surface area (Å²) in [6.45, 7) is 5.35. The van der Waals surface area contributed by atoms with Crippen LogP contribution in [0, 0.1) is 0 Å². The molecule has 1 amide bonds. The molecule has 2 aromatic heterocycles. The molecule has 164 valence electrons. The van der Waals surface area contributed by atoms with Crippen molar-refractivity contribution >= 4 is 33.3 Å². The number of anilines is 1. The number of carbonyl (C=O) groups excluding carboxylic acids is 1. The maximum absolute atomic E-state index is 13.0. The van der Waals surface area contributed by atoms with Gasteiger partial charge in [-0.1, -0.05) is 60.7 Å². The summed E-state index contributed by atoms with van der Waals surface area (Å²) in [6.07, 6.45) is 2.04. The molecule has 0 N–H and O–H groups in total. The van der Waals surface area contributed by atoms with Crippen molar-refractivity contribution in [3.05, 3.63) is 78.6 Å². The monoisotopic (exact) mass is 444 g/mol. The molecule has 0 atom stereocenters. The zero-order valence-electron chi connectivity index (χ0n) is 18.7. The molecule has 0 fully saturated rings. The predicted molar refractivity (Wildman–Crippen MR) is 133 cm³/mol. The van der Waals surface area contributed by atoms with E-state index in [4.69, 9.17) is 0 Å². The van der Waals surface area contributed by atoms with E-state index in [1.54, 1.807) is 17.7 Å². The molecule has 2 heterocycles. The van der Waals surface area contributed by atoms with Crippen LogP contribution in [0.1, 0.15) is 25.8 Å². The molecule has 0 aliphatic rings. The van der Waals surface area contributed by atoms with Crippen molar-refractivity contribution in [2.45, 2.75) is 32.9 Å². The first-order valence-electron chi connectivity index (χ1n) is 10.9. The van der Waals surface area contributed by atoms with Gasteiger partial charge in [-0.15, -0.1) is 11.3 Å². The van der Waals surface area contributed by atoms with Crippen LogP contribution in [0.5, 0.6) is 0 Å². The molecular formula is C26H28N4OS. The fraction of sp³-hybridized carbons (Fsp3) is 0.269. The largest absolute Gasteiger partial charge is 0.359 e. The van der Waals surface area contributed by atoms with Gasteiger partial charge in [-0.25, -0.2) is 9.97 Å². The molecular weight excluding hydrogens is 416 g/mol. The van der Waals surface area contributed by atoms with E-state index in [2.05, 4.69) is 59.0 Å². The lowest BCUT2D eigenvalue weighted by Gasteiger charge is -2.28. The summed E-state index contributed by atoms with van der Waals surface area (Å²) in [6, 6.07) is 22.7. The molecule has 0 aliphatic heterocycles. The van der Waals surface area contributed by atoms with E-state index < -0.39 is 0 Å². The van der Waals surface area contributed by atoms with Gasteiger partial charge < -0.3 is 9.80 Å². The lowest BCUT2D eigenvalue weighted by molar-refractivity contribution is -0.133. The predicted octanol–water partition coefficient (Wildman–Crippen LogP) is 5.62. The van der Waals surface area contributed by atoms with Gasteiger partial charge in [0.15, 0.2) is 0 Å². The zero-order valence-corrected chi connectivity index (χ0v) is 19.5. The highest BCUT2D eigenvalue weighted by molar-refractivity contribution is 7.21. The van der Waals surface area contributed by atoms with Crippen molar-refractivity contribution in [2.24, 2.45) is 0 Å². The molecule has 0 saturated heterocycles. The third kappa shape index (κ3) is 4.97. The highest BCUT2D eigenvalue weighted by atomic mass is 32.1. The summed E-state index contributed by atoms with van der Waals surface area (Å²) in [4.78, 5) is 28.2. The standard InChI is InChI=1S/C26H28N4OS/c1-19(2)30(17-20-10-6-4-7-11-20)24(31)14-15-29(3)25-22-16-23(21-12-8-5-9-13-21)32-26(22)28-18-27-25/h4-13,16,18-19H,14-15,17H2,1-3H3. The summed E-state index contributed by atoms with van der Waals surface area (Å²) in [5.74, 6) is 1.01. The minimum atomic E-state index is 0.143. The average Bonchev–Trinajstić information content (AvgIpc) is 3.26. The van der Waals surface area contributed by atoms with Crippen LogP contribution in [0.15, 0.2) is 73.1 Å². The van der Waals surface area contributed by atoms with Crippen molar-refractivity contribution < 1.29 is 4.79 Å². The summed E-state index contributed by atoms with van der Waals surface area (Å²) < 4.78 is 0. The van der Waals surface area contributed by atoms with E-state index in [0.717, 1.165) is 21.6 Å². The summed E-state index contributed by atoms with van der Waals surface area (Å²) in [7, 11) is 1.99. The molecule has 4 rings (SSSR count). The number of nitrogens with zero attached hydrogens (tertiary/aromatic N) is 4. The van der Waals surface area contributed by atoms with Crippen molar-refractivity contribution in [3.63, 3.8) is 0 Å². The number of amides is 1. The Hall–Kier alpha value is -3.25. The average molecular weight is 445 g/mol. The molecule has 5 nitrogen and oxygen atoms in total. The third-order valence-electron chi connectivity index (χ3n) is 5.53. The maximum atomic E-state index is 13.0. The number of fused-ring (bicyclic) bond motifs is 1. The fourth-order valence-corrected chi connectivity index (χ4v) is 4.74. The number of aromatic nitrogens is 2. The Morgan fingerprint density at radius 2 is 1.69 bits per heavy atom. The van der Waals surface area contributed by atoms with Crippen molar-refractivity contribution in [1.29, 1.82) is 0 Å². The van der Waals surface area contributed by atoms with Gasteiger partial charge in [0.05, 0.1) is 5.39 Å². The summed E-state index contributed by atoms with van der Waals surface area (Å²) in [5.41, 5.74) is 2.32. The Morgan fingerprint density at radius 3 is 2.38 bits per heavy atom. The van der Waals surface area contributed by atoms with Crippen LogP contribution in [0.3, 0.4) is 0 Å². The zero-order chi connectivity index (χ0) is 22.5. The van der Waals surface area contributed by atoms with Crippen molar-refractivity contribution in [1.82, 2.24) is 14.9 Å². The van der Waals surface area contributed by atoms with Crippen LogP contribution in [-0.4, -0.2) is 40.4 Å². The van der Waals surface area contributed by atoms with Crippen LogP contribution in [0.4, 0.5) is 5.82 Å². The van der Waals surface area contributed by atoms with E-state index >= 15 is 0 Å². The molecule has 6 heteroatoms. The Bertz CT molecular complexity index is 1170. The van der Waals surface area contributed by atoms with Gasteiger partial charge in [0.25, 0.3) is 0 Å². The fourth-order valence-electron chi connectivity index (χ4n) is 3.74. The second kappa shape index (κ2) is 9.92. The number of hydrogen-bond acceptors (Lipinski definition) is 5. The van der Waals surface area contributed by atoms with Crippen LogP contribution in [0.2, 0.25) is 0 Å². The molecule has 32 heavy (non-hydrogen) atoms. The minimum absolute atomic E-state index is 0.143. The van der Waals surface area contributed by atoms with Crippen LogP contribution >= 0.6 is 11.3 Å². The SMILES string of the molecule is CC(C)N(Cc1ccccc1)C(=O)CCN(C)c1ncnc2sc(-c3ccccc3)cc12. The van der Waals surface area contributed by atoms with Gasteiger partial charge in [0.2, 0.25) is 5.91 Å². The molecule has 0 spiro atoms. The molecule has 2 aromatic carbocycles. The summed E-state index contributed by atoms with van der Waals surface area (Å²) >= 11 is 1.66. The quantitative estimate of drug-likeness (QED) is 0.354. The van der Waals surface area contributed by atoms with Gasteiger partial charge in [0.1, 0.15) is 17.0 Å². The van der Waals surface area contributed by atoms with Crippen molar-refractivity contribution in [3.8, 4) is 10.4 Å².